The minimum absolute atomic E-state index is 0.0206. The number of carbonyl (C=O) groups excluding carboxylic acids is 2. The van der Waals surface area contributed by atoms with Gasteiger partial charge in [-0.05, 0) is 23.8 Å². The van der Waals surface area contributed by atoms with Gasteiger partial charge in [-0.1, -0.05) is 36.4 Å². The molecule has 0 aromatic heterocycles. The van der Waals surface area contributed by atoms with Crippen molar-refractivity contribution in [3.05, 3.63) is 71.5 Å². The molecule has 1 aliphatic heterocycles. The first kappa shape index (κ1) is 18.1. The van der Waals surface area contributed by atoms with Crippen LogP contribution >= 0.6 is 0 Å². The Hall–Kier alpha value is -2.73. The number of carbonyl (C=O) groups is 2. The van der Waals surface area contributed by atoms with E-state index in [0.29, 0.717) is 38.3 Å². The first-order valence-electron chi connectivity index (χ1n) is 8.58. The van der Waals surface area contributed by atoms with Gasteiger partial charge in [0.25, 0.3) is 5.91 Å². The first-order valence-corrected chi connectivity index (χ1v) is 8.58. The molecule has 0 radical (unpaired) electrons. The van der Waals surface area contributed by atoms with Crippen molar-refractivity contribution in [1.29, 1.82) is 0 Å². The summed E-state index contributed by atoms with van der Waals surface area (Å²) in [5.74, 6) is -0.726. The topological polar surface area (TPSA) is 49.9 Å². The van der Waals surface area contributed by atoms with Crippen LogP contribution in [0, 0.1) is 5.82 Å². The maximum atomic E-state index is 13.3. The predicted octanol–water partition coefficient (Wildman–Crippen LogP) is 2.33. The average Bonchev–Trinajstić information content (AvgIpc) is 2.68. The Morgan fingerprint density at radius 1 is 0.923 bits per heavy atom. The van der Waals surface area contributed by atoms with Crippen LogP contribution in [0.2, 0.25) is 0 Å². The van der Waals surface area contributed by atoms with E-state index in [0.717, 1.165) is 5.56 Å². The Morgan fingerprint density at radius 3 is 2.31 bits per heavy atom. The summed E-state index contributed by atoms with van der Waals surface area (Å²) >= 11 is 0. The maximum absolute atomic E-state index is 13.3. The second kappa shape index (κ2) is 8.58. The number of piperazine rings is 1. The number of rotatable bonds is 5. The Labute approximate surface area is 152 Å². The molecule has 0 aliphatic carbocycles. The SMILES string of the molecule is O=C(COCc1ccccc1)N1CCN(C(=O)c2cccc(F)c2)CC1. The molecule has 3 rings (SSSR count). The predicted molar refractivity (Wildman–Crippen MR) is 95.0 cm³/mol. The summed E-state index contributed by atoms with van der Waals surface area (Å²) in [4.78, 5) is 28.0. The molecule has 1 heterocycles. The molecule has 2 aromatic rings. The van der Waals surface area contributed by atoms with Crippen molar-refractivity contribution in [1.82, 2.24) is 9.80 Å². The molecule has 6 heteroatoms. The summed E-state index contributed by atoms with van der Waals surface area (Å²) in [6, 6.07) is 15.3. The van der Waals surface area contributed by atoms with Crippen LogP contribution in [0.1, 0.15) is 15.9 Å². The summed E-state index contributed by atoms with van der Waals surface area (Å²) in [5, 5.41) is 0. The van der Waals surface area contributed by atoms with Crippen LogP contribution in [0.3, 0.4) is 0 Å². The Bertz CT molecular complexity index is 759. The zero-order valence-electron chi connectivity index (χ0n) is 14.4. The molecular formula is C20H21FN2O3. The first-order chi connectivity index (χ1) is 12.6. The molecular weight excluding hydrogens is 335 g/mol. The standard InChI is InChI=1S/C20H21FN2O3/c21-18-8-4-7-17(13-18)20(25)23-11-9-22(10-12-23)19(24)15-26-14-16-5-2-1-3-6-16/h1-8,13H,9-12,14-15H2. The van der Waals surface area contributed by atoms with E-state index < -0.39 is 5.82 Å². The molecule has 1 fully saturated rings. The van der Waals surface area contributed by atoms with Gasteiger partial charge in [0.1, 0.15) is 12.4 Å². The molecule has 2 amide bonds. The van der Waals surface area contributed by atoms with Crippen LogP contribution in [-0.2, 0) is 16.1 Å². The van der Waals surface area contributed by atoms with Gasteiger partial charge in [-0.3, -0.25) is 9.59 Å². The molecule has 0 spiro atoms. The third-order valence-corrected chi connectivity index (χ3v) is 4.33. The highest BCUT2D eigenvalue weighted by Gasteiger charge is 2.24. The van der Waals surface area contributed by atoms with E-state index in [-0.39, 0.29) is 18.4 Å². The Balaban J connectivity index is 1.44. The summed E-state index contributed by atoms with van der Waals surface area (Å²) in [7, 11) is 0. The fourth-order valence-corrected chi connectivity index (χ4v) is 2.88. The zero-order chi connectivity index (χ0) is 18.4. The number of hydrogen-bond acceptors (Lipinski definition) is 3. The molecule has 0 N–H and O–H groups in total. The van der Waals surface area contributed by atoms with Gasteiger partial charge in [0.15, 0.2) is 0 Å². The van der Waals surface area contributed by atoms with Crippen LogP contribution < -0.4 is 0 Å². The van der Waals surface area contributed by atoms with Gasteiger partial charge < -0.3 is 14.5 Å². The summed E-state index contributed by atoms with van der Waals surface area (Å²) in [5.41, 5.74) is 1.35. The van der Waals surface area contributed by atoms with E-state index >= 15 is 0 Å². The molecule has 1 saturated heterocycles. The van der Waals surface area contributed by atoms with Gasteiger partial charge in [0, 0.05) is 31.7 Å². The number of amides is 2. The molecule has 2 aromatic carbocycles. The number of hydrogen-bond donors (Lipinski definition) is 0. The lowest BCUT2D eigenvalue weighted by atomic mass is 10.1. The Kier molecular flexibility index (Phi) is 5.96. The van der Waals surface area contributed by atoms with Crippen molar-refractivity contribution < 1.29 is 18.7 Å². The second-order valence-corrected chi connectivity index (χ2v) is 6.16. The highest BCUT2D eigenvalue weighted by molar-refractivity contribution is 5.94. The average molecular weight is 356 g/mol. The maximum Gasteiger partial charge on any atom is 0.254 e. The fourth-order valence-electron chi connectivity index (χ4n) is 2.88. The van der Waals surface area contributed by atoms with Gasteiger partial charge in [-0.25, -0.2) is 4.39 Å². The lowest BCUT2D eigenvalue weighted by molar-refractivity contribution is -0.138. The van der Waals surface area contributed by atoms with Crippen molar-refractivity contribution in [2.75, 3.05) is 32.8 Å². The highest BCUT2D eigenvalue weighted by atomic mass is 19.1. The van der Waals surface area contributed by atoms with Gasteiger partial charge in [-0.15, -0.1) is 0 Å². The Morgan fingerprint density at radius 2 is 1.62 bits per heavy atom. The minimum Gasteiger partial charge on any atom is -0.367 e. The molecule has 0 saturated carbocycles. The van der Waals surface area contributed by atoms with E-state index in [2.05, 4.69) is 0 Å². The van der Waals surface area contributed by atoms with Crippen molar-refractivity contribution >= 4 is 11.8 Å². The van der Waals surface area contributed by atoms with Gasteiger partial charge in [0.2, 0.25) is 5.91 Å². The molecule has 0 atom stereocenters. The third-order valence-electron chi connectivity index (χ3n) is 4.33. The number of nitrogens with zero attached hydrogens (tertiary/aromatic N) is 2. The van der Waals surface area contributed by atoms with Crippen LogP contribution in [0.4, 0.5) is 4.39 Å². The largest absolute Gasteiger partial charge is 0.367 e. The number of ether oxygens (including phenoxy) is 1. The molecule has 0 bridgehead atoms. The lowest BCUT2D eigenvalue weighted by Gasteiger charge is -2.34. The lowest BCUT2D eigenvalue weighted by Crippen LogP contribution is -2.51. The van der Waals surface area contributed by atoms with Gasteiger partial charge in [0.05, 0.1) is 6.61 Å². The zero-order valence-corrected chi connectivity index (χ0v) is 14.4. The van der Waals surface area contributed by atoms with E-state index in [9.17, 15) is 14.0 Å². The second-order valence-electron chi connectivity index (χ2n) is 6.16. The summed E-state index contributed by atoms with van der Waals surface area (Å²) < 4.78 is 18.7. The normalized spacial score (nSPS) is 14.3. The quantitative estimate of drug-likeness (QED) is 0.826. The van der Waals surface area contributed by atoms with E-state index in [1.165, 1.54) is 18.2 Å². The monoisotopic (exact) mass is 356 g/mol. The smallest absolute Gasteiger partial charge is 0.254 e. The van der Waals surface area contributed by atoms with Gasteiger partial charge >= 0.3 is 0 Å². The van der Waals surface area contributed by atoms with Crippen LogP contribution in [0.25, 0.3) is 0 Å². The minimum atomic E-state index is -0.430. The molecule has 1 aliphatic rings. The highest BCUT2D eigenvalue weighted by Crippen LogP contribution is 2.11. The van der Waals surface area contributed by atoms with E-state index in [4.69, 9.17) is 4.74 Å². The van der Waals surface area contributed by atoms with Gasteiger partial charge in [-0.2, -0.15) is 0 Å². The number of benzene rings is 2. The van der Waals surface area contributed by atoms with Crippen molar-refractivity contribution in [3.63, 3.8) is 0 Å². The van der Waals surface area contributed by atoms with Crippen molar-refractivity contribution in [2.45, 2.75) is 6.61 Å². The van der Waals surface area contributed by atoms with Crippen LogP contribution in [0.5, 0.6) is 0 Å². The van der Waals surface area contributed by atoms with E-state index in [1.807, 2.05) is 30.3 Å². The third kappa shape index (κ3) is 4.67. The van der Waals surface area contributed by atoms with Crippen LogP contribution in [0.15, 0.2) is 54.6 Å². The molecule has 26 heavy (non-hydrogen) atoms. The van der Waals surface area contributed by atoms with E-state index in [1.54, 1.807) is 15.9 Å². The fraction of sp³-hybridized carbons (Fsp3) is 0.300. The molecule has 0 unspecified atom stereocenters. The van der Waals surface area contributed by atoms with Crippen LogP contribution in [-0.4, -0.2) is 54.4 Å². The van der Waals surface area contributed by atoms with Crippen molar-refractivity contribution in [3.8, 4) is 0 Å². The number of halogens is 1. The summed E-state index contributed by atoms with van der Waals surface area (Å²) in [6.07, 6.45) is 0. The molecule has 5 nitrogen and oxygen atoms in total. The summed E-state index contributed by atoms with van der Waals surface area (Å²) in [6.45, 7) is 2.18. The van der Waals surface area contributed by atoms with Crippen molar-refractivity contribution in [2.24, 2.45) is 0 Å². The molecule has 136 valence electrons.